The summed E-state index contributed by atoms with van der Waals surface area (Å²) >= 11 is 0. The van der Waals surface area contributed by atoms with Gasteiger partial charge in [0.25, 0.3) is 11.7 Å². The van der Waals surface area contributed by atoms with Gasteiger partial charge < -0.3 is 29.0 Å². The summed E-state index contributed by atoms with van der Waals surface area (Å²) < 4.78 is 21.8. The molecule has 2 heterocycles. The molecule has 3 aromatic carbocycles. The molecular formula is C28H25NO7. The van der Waals surface area contributed by atoms with E-state index in [1.807, 2.05) is 13.0 Å². The van der Waals surface area contributed by atoms with Gasteiger partial charge in [-0.1, -0.05) is 30.3 Å². The van der Waals surface area contributed by atoms with Crippen LogP contribution in [0.3, 0.4) is 0 Å². The van der Waals surface area contributed by atoms with Gasteiger partial charge in [0.15, 0.2) is 11.5 Å². The standard InChI is InChI=1S/C28H25NO7/c1-3-34-21-9-5-7-19(14-21)26(30)24-25(18-6-4-8-20(13-18)33-2)29(28(32)27(24)31)15-17-10-11-22-23(12-17)36-16-35-22/h4-14,25,30H,3,15-16H2,1-2H3/b26-24+. The van der Waals surface area contributed by atoms with Crippen molar-refractivity contribution in [3.8, 4) is 23.0 Å². The molecule has 1 N–H and O–H groups in total. The van der Waals surface area contributed by atoms with Gasteiger partial charge in [-0.05, 0) is 54.4 Å². The third-order valence-electron chi connectivity index (χ3n) is 6.16. The molecule has 0 saturated carbocycles. The van der Waals surface area contributed by atoms with Crippen LogP contribution in [0.15, 0.2) is 72.3 Å². The van der Waals surface area contributed by atoms with Crippen LogP contribution in [-0.2, 0) is 16.1 Å². The van der Waals surface area contributed by atoms with Crippen molar-refractivity contribution < 1.29 is 33.6 Å². The van der Waals surface area contributed by atoms with E-state index in [2.05, 4.69) is 0 Å². The molecule has 184 valence electrons. The average molecular weight is 488 g/mol. The fourth-order valence-corrected chi connectivity index (χ4v) is 4.49. The quantitative estimate of drug-likeness (QED) is 0.299. The Morgan fingerprint density at radius 3 is 2.58 bits per heavy atom. The van der Waals surface area contributed by atoms with Crippen LogP contribution in [0.25, 0.3) is 5.76 Å². The molecule has 1 atom stereocenters. The van der Waals surface area contributed by atoms with Crippen LogP contribution < -0.4 is 18.9 Å². The third kappa shape index (κ3) is 4.22. The molecule has 0 aromatic heterocycles. The molecular weight excluding hydrogens is 462 g/mol. The van der Waals surface area contributed by atoms with Crippen molar-refractivity contribution in [3.05, 3.63) is 89.0 Å². The first kappa shape index (κ1) is 23.3. The van der Waals surface area contributed by atoms with Gasteiger partial charge in [0.2, 0.25) is 6.79 Å². The Hall–Kier alpha value is -4.46. The van der Waals surface area contributed by atoms with E-state index >= 15 is 0 Å². The minimum atomic E-state index is -0.832. The molecule has 8 nitrogen and oxygen atoms in total. The largest absolute Gasteiger partial charge is 0.507 e. The first-order chi connectivity index (χ1) is 17.5. The average Bonchev–Trinajstić information content (AvgIpc) is 3.46. The Labute approximate surface area is 208 Å². The summed E-state index contributed by atoms with van der Waals surface area (Å²) in [4.78, 5) is 28.1. The SMILES string of the molecule is CCOc1cccc(/C(O)=C2\C(=O)C(=O)N(Cc3ccc4c(c3)OCO4)C2c2cccc(OC)c2)c1. The molecule has 36 heavy (non-hydrogen) atoms. The summed E-state index contributed by atoms with van der Waals surface area (Å²) in [6.45, 7) is 2.57. The normalized spacial score (nSPS) is 17.9. The maximum atomic E-state index is 13.3. The number of carbonyl (C=O) groups excluding carboxylic acids is 2. The molecule has 1 amide bonds. The van der Waals surface area contributed by atoms with E-state index in [0.29, 0.717) is 40.7 Å². The van der Waals surface area contributed by atoms with Crippen molar-refractivity contribution in [2.45, 2.75) is 19.5 Å². The highest BCUT2D eigenvalue weighted by atomic mass is 16.7. The molecule has 1 unspecified atom stereocenters. The maximum absolute atomic E-state index is 13.3. The zero-order valence-electron chi connectivity index (χ0n) is 19.9. The minimum Gasteiger partial charge on any atom is -0.507 e. The second kappa shape index (κ2) is 9.65. The van der Waals surface area contributed by atoms with Crippen LogP contribution in [-0.4, -0.2) is 42.2 Å². The fraction of sp³-hybridized carbons (Fsp3) is 0.214. The third-order valence-corrected chi connectivity index (χ3v) is 6.16. The smallest absolute Gasteiger partial charge is 0.295 e. The molecule has 3 aromatic rings. The number of methoxy groups -OCH3 is 1. The number of hydrogen-bond donors (Lipinski definition) is 1. The second-order valence-corrected chi connectivity index (χ2v) is 8.35. The first-order valence-corrected chi connectivity index (χ1v) is 11.5. The Kier molecular flexibility index (Phi) is 6.25. The number of aliphatic hydroxyl groups excluding tert-OH is 1. The molecule has 8 heteroatoms. The number of fused-ring (bicyclic) bond motifs is 1. The Morgan fingerprint density at radius 1 is 1.00 bits per heavy atom. The number of hydrogen-bond acceptors (Lipinski definition) is 7. The van der Waals surface area contributed by atoms with Crippen molar-refractivity contribution in [1.29, 1.82) is 0 Å². The van der Waals surface area contributed by atoms with Crippen LogP contribution in [0.2, 0.25) is 0 Å². The van der Waals surface area contributed by atoms with Gasteiger partial charge in [-0.25, -0.2) is 0 Å². The van der Waals surface area contributed by atoms with Crippen LogP contribution in [0, 0.1) is 0 Å². The molecule has 0 radical (unpaired) electrons. The lowest BCUT2D eigenvalue weighted by molar-refractivity contribution is -0.140. The molecule has 0 spiro atoms. The van der Waals surface area contributed by atoms with Gasteiger partial charge in [-0.3, -0.25) is 9.59 Å². The lowest BCUT2D eigenvalue weighted by Gasteiger charge is -2.26. The minimum absolute atomic E-state index is 0.00245. The second-order valence-electron chi connectivity index (χ2n) is 8.35. The predicted molar refractivity (Wildman–Crippen MR) is 131 cm³/mol. The number of amides is 1. The highest BCUT2D eigenvalue weighted by Crippen LogP contribution is 2.42. The van der Waals surface area contributed by atoms with Gasteiger partial charge in [0.05, 0.1) is 25.3 Å². The number of likely N-dealkylation sites (tertiary alicyclic amines) is 1. The molecule has 1 saturated heterocycles. The van der Waals surface area contributed by atoms with Crippen molar-refractivity contribution in [2.75, 3.05) is 20.5 Å². The Balaban J connectivity index is 1.61. The van der Waals surface area contributed by atoms with Crippen molar-refractivity contribution >= 4 is 17.4 Å². The number of carbonyl (C=O) groups is 2. The van der Waals surface area contributed by atoms with E-state index < -0.39 is 17.7 Å². The van der Waals surface area contributed by atoms with Gasteiger partial charge in [-0.15, -0.1) is 0 Å². The molecule has 2 aliphatic rings. The number of benzene rings is 3. The molecule has 1 fully saturated rings. The zero-order chi connectivity index (χ0) is 25.2. The summed E-state index contributed by atoms with van der Waals surface area (Å²) in [6.07, 6.45) is 0. The Morgan fingerprint density at radius 2 is 1.78 bits per heavy atom. The number of Topliss-reactive ketones (excluding diaryl/α,β-unsaturated/α-hetero) is 1. The van der Waals surface area contributed by atoms with E-state index in [0.717, 1.165) is 5.56 Å². The van der Waals surface area contributed by atoms with Gasteiger partial charge in [-0.2, -0.15) is 0 Å². The molecule has 5 rings (SSSR count). The van der Waals surface area contributed by atoms with E-state index in [1.54, 1.807) is 67.8 Å². The topological polar surface area (TPSA) is 94.5 Å². The molecule has 0 aliphatic carbocycles. The van der Waals surface area contributed by atoms with Crippen LogP contribution >= 0.6 is 0 Å². The number of rotatable bonds is 7. The van der Waals surface area contributed by atoms with Crippen molar-refractivity contribution in [3.63, 3.8) is 0 Å². The Bertz CT molecular complexity index is 1360. The van der Waals surface area contributed by atoms with Crippen LogP contribution in [0.4, 0.5) is 0 Å². The lowest BCUT2D eigenvalue weighted by Crippen LogP contribution is -2.29. The number of nitrogens with zero attached hydrogens (tertiary/aromatic N) is 1. The first-order valence-electron chi connectivity index (χ1n) is 11.5. The predicted octanol–water partition coefficient (Wildman–Crippen LogP) is 4.44. The number of ketones is 1. The van der Waals surface area contributed by atoms with E-state index in [9.17, 15) is 14.7 Å². The highest BCUT2D eigenvalue weighted by molar-refractivity contribution is 6.46. The number of ether oxygens (including phenoxy) is 4. The lowest BCUT2D eigenvalue weighted by atomic mass is 9.95. The van der Waals surface area contributed by atoms with E-state index in [4.69, 9.17) is 18.9 Å². The zero-order valence-corrected chi connectivity index (χ0v) is 19.9. The summed E-state index contributed by atoms with van der Waals surface area (Å²) in [7, 11) is 1.54. The molecule has 2 aliphatic heterocycles. The highest BCUT2D eigenvalue weighted by Gasteiger charge is 2.46. The summed E-state index contributed by atoms with van der Waals surface area (Å²) in [5, 5.41) is 11.3. The van der Waals surface area contributed by atoms with Gasteiger partial charge >= 0.3 is 0 Å². The van der Waals surface area contributed by atoms with E-state index in [-0.39, 0.29) is 24.7 Å². The number of aliphatic hydroxyl groups is 1. The molecule has 0 bridgehead atoms. The van der Waals surface area contributed by atoms with Crippen molar-refractivity contribution in [1.82, 2.24) is 4.90 Å². The van der Waals surface area contributed by atoms with E-state index in [1.165, 1.54) is 4.90 Å². The van der Waals surface area contributed by atoms with Gasteiger partial charge in [0, 0.05) is 12.1 Å². The summed E-state index contributed by atoms with van der Waals surface area (Å²) in [5.41, 5.74) is 1.78. The van der Waals surface area contributed by atoms with Crippen molar-refractivity contribution in [2.24, 2.45) is 0 Å². The summed E-state index contributed by atoms with van der Waals surface area (Å²) in [5.74, 6) is 0.587. The fourth-order valence-electron chi connectivity index (χ4n) is 4.49. The van der Waals surface area contributed by atoms with Crippen LogP contribution in [0.1, 0.15) is 29.7 Å². The maximum Gasteiger partial charge on any atom is 0.295 e. The summed E-state index contributed by atoms with van der Waals surface area (Å²) in [6, 6.07) is 18.5. The monoisotopic (exact) mass is 487 g/mol. The van der Waals surface area contributed by atoms with Crippen LogP contribution in [0.5, 0.6) is 23.0 Å². The van der Waals surface area contributed by atoms with Gasteiger partial charge in [0.1, 0.15) is 17.3 Å².